The number of oxazole rings is 1. The Kier molecular flexibility index (Phi) is 6.77. The molecule has 2 heterocycles. The van der Waals surface area contributed by atoms with Gasteiger partial charge in [0.05, 0.1) is 17.3 Å². The molecule has 0 aliphatic carbocycles. The van der Waals surface area contributed by atoms with Crippen LogP contribution >= 0.6 is 35.6 Å². The summed E-state index contributed by atoms with van der Waals surface area (Å²) in [5.41, 5.74) is 1.86. The molecule has 0 radical (unpaired) electrons. The maximum atomic E-state index is 6.18. The average Bonchev–Trinajstić information content (AvgIpc) is 3.15. The normalized spacial score (nSPS) is 12.7. The maximum Gasteiger partial charge on any atom is 0.231 e. The van der Waals surface area contributed by atoms with E-state index in [1.54, 1.807) is 7.05 Å². The summed E-state index contributed by atoms with van der Waals surface area (Å²) in [6.07, 6.45) is 0. The van der Waals surface area contributed by atoms with Gasteiger partial charge in [-0.25, -0.2) is 4.98 Å². The Morgan fingerprint density at radius 3 is 2.68 bits per heavy atom. The number of rotatable bonds is 4. The Bertz CT molecular complexity index is 759. The summed E-state index contributed by atoms with van der Waals surface area (Å²) in [6, 6.07) is 3.74. The molecular weight excluding hydrogens is 459 g/mol. The molecule has 0 saturated carbocycles. The number of guanidine groups is 1. The molecule has 1 aliphatic rings. The molecule has 9 heteroatoms. The van der Waals surface area contributed by atoms with E-state index in [1.165, 1.54) is 0 Å². The highest BCUT2D eigenvalue weighted by atomic mass is 127. The number of hydrogen-bond acceptors (Lipinski definition) is 5. The molecule has 2 N–H and O–H groups in total. The average molecular weight is 479 g/mol. The highest BCUT2D eigenvalue weighted by Crippen LogP contribution is 2.39. The van der Waals surface area contributed by atoms with Crippen molar-refractivity contribution in [1.82, 2.24) is 15.6 Å². The fourth-order valence-corrected chi connectivity index (χ4v) is 2.59. The fourth-order valence-electron chi connectivity index (χ4n) is 2.30. The number of aryl methyl sites for hydroxylation is 2. The largest absolute Gasteiger partial charge is 0.454 e. The summed E-state index contributed by atoms with van der Waals surface area (Å²) in [4.78, 5) is 8.50. The third-order valence-corrected chi connectivity index (χ3v) is 3.93. The maximum absolute atomic E-state index is 6.18. The molecule has 1 aliphatic heterocycles. The first-order chi connectivity index (χ1) is 11.6. The first kappa shape index (κ1) is 19.6. The van der Waals surface area contributed by atoms with Crippen LogP contribution in [0.25, 0.3) is 0 Å². The zero-order valence-electron chi connectivity index (χ0n) is 14.2. The molecule has 136 valence electrons. The van der Waals surface area contributed by atoms with Gasteiger partial charge in [-0.05, 0) is 31.5 Å². The van der Waals surface area contributed by atoms with Gasteiger partial charge in [0.25, 0.3) is 0 Å². The van der Waals surface area contributed by atoms with Crippen molar-refractivity contribution in [2.75, 3.05) is 13.8 Å². The van der Waals surface area contributed by atoms with Crippen molar-refractivity contribution in [1.29, 1.82) is 0 Å². The van der Waals surface area contributed by atoms with E-state index < -0.39 is 0 Å². The highest BCUT2D eigenvalue weighted by molar-refractivity contribution is 14.0. The number of nitrogens with zero attached hydrogens (tertiary/aromatic N) is 2. The number of hydrogen-bond donors (Lipinski definition) is 2. The van der Waals surface area contributed by atoms with Crippen LogP contribution in [0.2, 0.25) is 5.02 Å². The third kappa shape index (κ3) is 4.69. The molecule has 1 aromatic carbocycles. The minimum absolute atomic E-state index is 0. The topological polar surface area (TPSA) is 80.9 Å². The quantitative estimate of drug-likeness (QED) is 0.399. The van der Waals surface area contributed by atoms with Crippen LogP contribution in [0.3, 0.4) is 0 Å². The second-order valence-corrected chi connectivity index (χ2v) is 5.75. The monoisotopic (exact) mass is 478 g/mol. The Morgan fingerprint density at radius 2 is 2.00 bits per heavy atom. The molecule has 0 atom stereocenters. The molecule has 25 heavy (non-hydrogen) atoms. The molecule has 0 saturated heterocycles. The van der Waals surface area contributed by atoms with Gasteiger partial charge in [-0.15, -0.1) is 24.0 Å². The van der Waals surface area contributed by atoms with E-state index in [-0.39, 0.29) is 30.8 Å². The lowest BCUT2D eigenvalue weighted by molar-refractivity contribution is 0.174. The molecule has 0 bridgehead atoms. The molecule has 0 amide bonds. The first-order valence-corrected chi connectivity index (χ1v) is 7.90. The standard InChI is InChI=1S/C16H19ClN4O3.HI/c1-9-10(2)24-14(21-9)7-20-16(18-3)19-6-11-4-12(17)15-13(5-11)22-8-23-15;/h4-5H,6-8H2,1-3H3,(H2,18,19,20);1H. The second kappa shape index (κ2) is 8.61. The number of benzene rings is 1. The van der Waals surface area contributed by atoms with Crippen molar-refractivity contribution >= 4 is 41.5 Å². The Balaban J connectivity index is 0.00000225. The van der Waals surface area contributed by atoms with Crippen LogP contribution in [0.4, 0.5) is 0 Å². The van der Waals surface area contributed by atoms with Crippen LogP contribution in [-0.2, 0) is 13.1 Å². The van der Waals surface area contributed by atoms with Gasteiger partial charge in [0, 0.05) is 13.6 Å². The van der Waals surface area contributed by atoms with Crippen molar-refractivity contribution < 1.29 is 13.9 Å². The Labute approximate surface area is 168 Å². The van der Waals surface area contributed by atoms with E-state index in [0.717, 1.165) is 17.0 Å². The first-order valence-electron chi connectivity index (χ1n) is 7.52. The van der Waals surface area contributed by atoms with Gasteiger partial charge in [0.1, 0.15) is 5.76 Å². The number of aliphatic imine (C=N–C) groups is 1. The summed E-state index contributed by atoms with van der Waals surface area (Å²) < 4.78 is 16.2. The van der Waals surface area contributed by atoms with Gasteiger partial charge in [0.15, 0.2) is 17.5 Å². The Hall–Kier alpha value is -1.68. The van der Waals surface area contributed by atoms with E-state index in [1.807, 2.05) is 26.0 Å². The molecule has 1 aromatic heterocycles. The highest BCUT2D eigenvalue weighted by Gasteiger charge is 2.18. The zero-order valence-corrected chi connectivity index (χ0v) is 17.3. The van der Waals surface area contributed by atoms with E-state index in [2.05, 4.69) is 20.6 Å². The van der Waals surface area contributed by atoms with Crippen molar-refractivity contribution in [2.45, 2.75) is 26.9 Å². The summed E-state index contributed by atoms with van der Waals surface area (Å²) >= 11 is 6.18. The lowest BCUT2D eigenvalue weighted by Crippen LogP contribution is -2.36. The molecule has 0 spiro atoms. The summed E-state index contributed by atoms with van der Waals surface area (Å²) in [6.45, 7) is 5.00. The minimum Gasteiger partial charge on any atom is -0.454 e. The molecule has 3 rings (SSSR count). The second-order valence-electron chi connectivity index (χ2n) is 5.34. The van der Waals surface area contributed by atoms with Gasteiger partial charge in [0.2, 0.25) is 12.7 Å². The SMILES string of the molecule is CN=C(NCc1cc(Cl)c2c(c1)OCO2)NCc1nc(C)c(C)o1.I. The van der Waals surface area contributed by atoms with Crippen molar-refractivity contribution in [3.05, 3.63) is 40.1 Å². The number of nitrogens with one attached hydrogen (secondary N) is 2. The molecule has 0 fully saturated rings. The zero-order chi connectivity index (χ0) is 17.1. The predicted molar refractivity (Wildman–Crippen MR) is 106 cm³/mol. The number of ether oxygens (including phenoxy) is 2. The Morgan fingerprint density at radius 1 is 1.24 bits per heavy atom. The van der Waals surface area contributed by atoms with Crippen molar-refractivity contribution in [3.63, 3.8) is 0 Å². The molecular formula is C16H20ClIN4O3. The van der Waals surface area contributed by atoms with Crippen LogP contribution in [0.1, 0.15) is 22.9 Å². The summed E-state index contributed by atoms with van der Waals surface area (Å²) in [5.74, 6) is 3.34. The van der Waals surface area contributed by atoms with Crippen LogP contribution < -0.4 is 20.1 Å². The van der Waals surface area contributed by atoms with E-state index in [0.29, 0.717) is 41.5 Å². The van der Waals surface area contributed by atoms with Gasteiger partial charge in [-0.3, -0.25) is 4.99 Å². The number of aromatic nitrogens is 1. The predicted octanol–water partition coefficient (Wildman–Crippen LogP) is 3.16. The number of fused-ring (bicyclic) bond motifs is 1. The van der Waals surface area contributed by atoms with E-state index in [4.69, 9.17) is 25.5 Å². The smallest absolute Gasteiger partial charge is 0.231 e. The fraction of sp³-hybridized carbons (Fsp3) is 0.375. The van der Waals surface area contributed by atoms with Crippen molar-refractivity contribution in [3.8, 4) is 11.5 Å². The van der Waals surface area contributed by atoms with Crippen LogP contribution in [0.5, 0.6) is 11.5 Å². The number of halogens is 2. The van der Waals surface area contributed by atoms with Crippen LogP contribution in [0.15, 0.2) is 21.5 Å². The van der Waals surface area contributed by atoms with Crippen LogP contribution in [-0.4, -0.2) is 24.8 Å². The lowest BCUT2D eigenvalue weighted by atomic mass is 10.2. The van der Waals surface area contributed by atoms with Crippen LogP contribution in [0, 0.1) is 13.8 Å². The summed E-state index contributed by atoms with van der Waals surface area (Å²) in [7, 11) is 1.70. The van der Waals surface area contributed by atoms with Gasteiger partial charge in [-0.2, -0.15) is 0 Å². The minimum atomic E-state index is 0. The molecule has 7 nitrogen and oxygen atoms in total. The van der Waals surface area contributed by atoms with Gasteiger partial charge < -0.3 is 24.5 Å². The van der Waals surface area contributed by atoms with E-state index in [9.17, 15) is 0 Å². The molecule has 0 unspecified atom stereocenters. The van der Waals surface area contributed by atoms with Crippen molar-refractivity contribution in [2.24, 2.45) is 4.99 Å². The van der Waals surface area contributed by atoms with Gasteiger partial charge >= 0.3 is 0 Å². The molecule has 2 aromatic rings. The third-order valence-electron chi connectivity index (χ3n) is 3.65. The van der Waals surface area contributed by atoms with E-state index >= 15 is 0 Å². The summed E-state index contributed by atoms with van der Waals surface area (Å²) in [5, 5.41) is 6.90. The lowest BCUT2D eigenvalue weighted by Gasteiger charge is -2.11. The van der Waals surface area contributed by atoms with Gasteiger partial charge in [-0.1, -0.05) is 11.6 Å².